The lowest BCUT2D eigenvalue weighted by Crippen LogP contribution is -2.15. The van der Waals surface area contributed by atoms with E-state index in [0.29, 0.717) is 11.7 Å². The fourth-order valence-electron chi connectivity index (χ4n) is 1.29. The maximum atomic E-state index is 11.9. The number of nitrogens with one attached hydrogen (secondary N) is 2. The van der Waals surface area contributed by atoms with Crippen LogP contribution in [0, 0.1) is 13.8 Å². The van der Waals surface area contributed by atoms with Crippen molar-refractivity contribution in [2.45, 2.75) is 13.8 Å². The highest BCUT2D eigenvalue weighted by molar-refractivity contribution is 6.02. The third-order valence-electron chi connectivity index (χ3n) is 2.51. The Morgan fingerprint density at radius 3 is 2.72 bits per heavy atom. The van der Waals surface area contributed by atoms with E-state index in [1.54, 1.807) is 14.0 Å². The molecule has 0 atom stereocenters. The standard InChI is InChI=1S/C11H13N5O2/c1-6-7(2)16-18-11(6)15-10(17)8-4-13-5-9(12-3)14-8/h4-5H,1-3H3,(H,12,14)(H,15,17). The topological polar surface area (TPSA) is 92.9 Å². The van der Waals surface area contributed by atoms with Crippen molar-refractivity contribution in [2.24, 2.45) is 0 Å². The van der Waals surface area contributed by atoms with Gasteiger partial charge in [0.1, 0.15) is 11.5 Å². The molecular weight excluding hydrogens is 234 g/mol. The molecule has 0 aliphatic heterocycles. The van der Waals surface area contributed by atoms with Crippen LogP contribution in [0.2, 0.25) is 0 Å². The van der Waals surface area contributed by atoms with Crippen LogP contribution in [0.4, 0.5) is 11.7 Å². The fourth-order valence-corrected chi connectivity index (χ4v) is 1.29. The molecule has 7 nitrogen and oxygen atoms in total. The minimum Gasteiger partial charge on any atom is -0.372 e. The van der Waals surface area contributed by atoms with Gasteiger partial charge in [-0.1, -0.05) is 5.16 Å². The molecular formula is C11H13N5O2. The monoisotopic (exact) mass is 247 g/mol. The summed E-state index contributed by atoms with van der Waals surface area (Å²) in [6, 6.07) is 0. The SMILES string of the molecule is CNc1cncc(C(=O)Nc2onc(C)c2C)n1. The molecule has 2 heterocycles. The van der Waals surface area contributed by atoms with Crippen molar-refractivity contribution in [3.8, 4) is 0 Å². The second kappa shape index (κ2) is 4.82. The zero-order valence-corrected chi connectivity index (χ0v) is 10.3. The van der Waals surface area contributed by atoms with Crippen molar-refractivity contribution in [2.75, 3.05) is 17.7 Å². The van der Waals surface area contributed by atoms with Crippen LogP contribution in [0.25, 0.3) is 0 Å². The summed E-state index contributed by atoms with van der Waals surface area (Å²) in [6.07, 6.45) is 2.91. The highest BCUT2D eigenvalue weighted by Crippen LogP contribution is 2.17. The molecule has 0 saturated heterocycles. The van der Waals surface area contributed by atoms with Crippen LogP contribution in [0.5, 0.6) is 0 Å². The lowest BCUT2D eigenvalue weighted by Gasteiger charge is -2.03. The molecule has 0 bridgehead atoms. The van der Waals surface area contributed by atoms with Crippen molar-refractivity contribution in [3.63, 3.8) is 0 Å². The molecule has 7 heteroatoms. The normalized spacial score (nSPS) is 10.2. The molecule has 0 fully saturated rings. The lowest BCUT2D eigenvalue weighted by molar-refractivity contribution is 0.101. The van der Waals surface area contributed by atoms with E-state index in [-0.39, 0.29) is 11.6 Å². The summed E-state index contributed by atoms with van der Waals surface area (Å²) in [5, 5.41) is 9.17. The molecule has 18 heavy (non-hydrogen) atoms. The summed E-state index contributed by atoms with van der Waals surface area (Å²) in [4.78, 5) is 19.9. The van der Waals surface area contributed by atoms with Crippen LogP contribution in [0.15, 0.2) is 16.9 Å². The number of carbonyl (C=O) groups is 1. The summed E-state index contributed by atoms with van der Waals surface area (Å²) in [7, 11) is 1.70. The third kappa shape index (κ3) is 2.29. The van der Waals surface area contributed by atoms with E-state index in [0.717, 1.165) is 11.3 Å². The van der Waals surface area contributed by atoms with Gasteiger partial charge in [-0.25, -0.2) is 4.98 Å². The van der Waals surface area contributed by atoms with Crippen molar-refractivity contribution in [1.82, 2.24) is 15.1 Å². The second-order valence-electron chi connectivity index (χ2n) is 3.72. The van der Waals surface area contributed by atoms with Crippen LogP contribution in [0.3, 0.4) is 0 Å². The average molecular weight is 247 g/mol. The van der Waals surface area contributed by atoms with Crippen molar-refractivity contribution in [1.29, 1.82) is 0 Å². The average Bonchev–Trinajstić information content (AvgIpc) is 2.71. The Morgan fingerprint density at radius 2 is 2.11 bits per heavy atom. The molecule has 2 aromatic heterocycles. The molecule has 2 aromatic rings. The molecule has 0 unspecified atom stereocenters. The number of nitrogens with zero attached hydrogens (tertiary/aromatic N) is 3. The number of hydrogen-bond acceptors (Lipinski definition) is 6. The predicted molar refractivity (Wildman–Crippen MR) is 65.5 cm³/mol. The smallest absolute Gasteiger partial charge is 0.278 e. The van der Waals surface area contributed by atoms with E-state index in [4.69, 9.17) is 4.52 Å². The maximum absolute atomic E-state index is 11.9. The number of hydrogen-bond donors (Lipinski definition) is 2. The molecule has 0 spiro atoms. The van der Waals surface area contributed by atoms with E-state index < -0.39 is 0 Å². The highest BCUT2D eigenvalue weighted by atomic mass is 16.5. The Hall–Kier alpha value is -2.44. The van der Waals surface area contributed by atoms with Crippen LogP contribution >= 0.6 is 0 Å². The lowest BCUT2D eigenvalue weighted by atomic mass is 10.3. The van der Waals surface area contributed by atoms with Crippen LogP contribution in [-0.2, 0) is 0 Å². The van der Waals surface area contributed by atoms with Gasteiger partial charge < -0.3 is 9.84 Å². The zero-order chi connectivity index (χ0) is 13.1. The molecule has 0 aliphatic carbocycles. The van der Waals surface area contributed by atoms with E-state index in [1.165, 1.54) is 12.4 Å². The van der Waals surface area contributed by atoms with Crippen LogP contribution in [0.1, 0.15) is 21.7 Å². The van der Waals surface area contributed by atoms with Gasteiger partial charge in [0.05, 0.1) is 18.1 Å². The summed E-state index contributed by atoms with van der Waals surface area (Å²) >= 11 is 0. The minimum absolute atomic E-state index is 0.204. The largest absolute Gasteiger partial charge is 0.372 e. The summed E-state index contributed by atoms with van der Waals surface area (Å²) < 4.78 is 5.00. The molecule has 94 valence electrons. The Bertz CT molecular complexity index is 579. The first-order valence-corrected chi connectivity index (χ1v) is 5.36. The van der Waals surface area contributed by atoms with Gasteiger partial charge in [0.25, 0.3) is 5.91 Å². The van der Waals surface area contributed by atoms with Crippen molar-refractivity contribution >= 4 is 17.6 Å². The van der Waals surface area contributed by atoms with Gasteiger partial charge in [-0.3, -0.25) is 15.1 Å². The first-order chi connectivity index (χ1) is 8.61. The number of rotatable bonds is 3. The van der Waals surface area contributed by atoms with Gasteiger partial charge in [-0.2, -0.15) is 0 Å². The molecule has 2 N–H and O–H groups in total. The highest BCUT2D eigenvalue weighted by Gasteiger charge is 2.14. The van der Waals surface area contributed by atoms with E-state index in [9.17, 15) is 4.79 Å². The van der Waals surface area contributed by atoms with Crippen LogP contribution in [-0.4, -0.2) is 28.1 Å². The first kappa shape index (κ1) is 12.0. The summed E-state index contributed by atoms with van der Waals surface area (Å²) in [6.45, 7) is 3.62. The van der Waals surface area contributed by atoms with E-state index >= 15 is 0 Å². The Morgan fingerprint density at radius 1 is 1.33 bits per heavy atom. The number of carbonyl (C=O) groups excluding carboxylic acids is 1. The molecule has 1 amide bonds. The third-order valence-corrected chi connectivity index (χ3v) is 2.51. The predicted octanol–water partition coefficient (Wildman–Crippen LogP) is 1.38. The van der Waals surface area contributed by atoms with E-state index in [2.05, 4.69) is 25.8 Å². The van der Waals surface area contributed by atoms with Gasteiger partial charge in [-0.15, -0.1) is 0 Å². The Labute approximate surface area is 104 Å². The number of anilines is 2. The Kier molecular flexibility index (Phi) is 3.22. The molecule has 0 saturated carbocycles. The van der Waals surface area contributed by atoms with Gasteiger partial charge >= 0.3 is 0 Å². The number of aryl methyl sites for hydroxylation is 1. The van der Waals surface area contributed by atoms with Crippen LogP contribution < -0.4 is 10.6 Å². The van der Waals surface area contributed by atoms with Crippen molar-refractivity contribution < 1.29 is 9.32 Å². The van der Waals surface area contributed by atoms with Gasteiger partial charge in [0, 0.05) is 12.6 Å². The fraction of sp³-hybridized carbons (Fsp3) is 0.273. The Balaban J connectivity index is 2.19. The van der Waals surface area contributed by atoms with Gasteiger partial charge in [0.15, 0.2) is 0 Å². The quantitative estimate of drug-likeness (QED) is 0.851. The number of aromatic nitrogens is 3. The molecule has 0 aliphatic rings. The second-order valence-corrected chi connectivity index (χ2v) is 3.72. The maximum Gasteiger partial charge on any atom is 0.278 e. The molecule has 0 radical (unpaired) electrons. The van der Waals surface area contributed by atoms with E-state index in [1.807, 2.05) is 6.92 Å². The first-order valence-electron chi connectivity index (χ1n) is 5.36. The molecule has 0 aromatic carbocycles. The van der Waals surface area contributed by atoms with Gasteiger partial charge in [-0.05, 0) is 13.8 Å². The summed E-state index contributed by atoms with van der Waals surface area (Å²) in [5.41, 5.74) is 1.73. The molecule has 2 rings (SSSR count). The minimum atomic E-state index is -0.390. The summed E-state index contributed by atoms with van der Waals surface area (Å²) in [5.74, 6) is 0.459. The zero-order valence-electron chi connectivity index (χ0n) is 10.3. The van der Waals surface area contributed by atoms with Crippen molar-refractivity contribution in [3.05, 3.63) is 29.3 Å². The number of amides is 1. The van der Waals surface area contributed by atoms with Gasteiger partial charge in [0.2, 0.25) is 5.88 Å².